The number of hydrogen-bond donors (Lipinski definition) is 2. The van der Waals surface area contributed by atoms with Crippen molar-refractivity contribution in [3.63, 3.8) is 0 Å². The summed E-state index contributed by atoms with van der Waals surface area (Å²) < 4.78 is 10.5. The molecule has 0 saturated heterocycles. The number of ether oxygens (including phenoxy) is 2. The highest BCUT2D eigenvalue weighted by Crippen LogP contribution is 2.34. The molecule has 0 aliphatic rings. The van der Waals surface area contributed by atoms with Crippen LogP contribution in [0.1, 0.15) is 37.3 Å². The molecule has 4 heteroatoms. The van der Waals surface area contributed by atoms with Gasteiger partial charge in [0.2, 0.25) is 0 Å². The molecule has 0 spiro atoms. The molecule has 0 amide bonds. The van der Waals surface area contributed by atoms with Gasteiger partial charge in [-0.3, -0.25) is 0 Å². The molecule has 3 unspecified atom stereocenters. The molecule has 0 fully saturated rings. The summed E-state index contributed by atoms with van der Waals surface area (Å²) in [5, 5.41) is 9.82. The first-order valence-corrected chi connectivity index (χ1v) is 8.67. The molecule has 136 valence electrons. The highest BCUT2D eigenvalue weighted by atomic mass is 16.5. The molecule has 2 aromatic rings. The minimum atomic E-state index is -0.526. The molecule has 0 aliphatic carbocycles. The van der Waals surface area contributed by atoms with Crippen molar-refractivity contribution in [1.82, 2.24) is 0 Å². The van der Waals surface area contributed by atoms with E-state index in [4.69, 9.17) is 15.2 Å². The Hall–Kier alpha value is -2.04. The van der Waals surface area contributed by atoms with Gasteiger partial charge in [-0.05, 0) is 54.7 Å². The van der Waals surface area contributed by atoms with Gasteiger partial charge in [0.25, 0.3) is 0 Å². The fourth-order valence-electron chi connectivity index (χ4n) is 3.14. The Morgan fingerprint density at radius 2 is 1.24 bits per heavy atom. The molecule has 0 aromatic heterocycles. The van der Waals surface area contributed by atoms with Crippen molar-refractivity contribution in [3.05, 3.63) is 59.7 Å². The predicted molar refractivity (Wildman–Crippen MR) is 101 cm³/mol. The molecule has 4 nitrogen and oxygen atoms in total. The molecular weight excluding hydrogens is 314 g/mol. The van der Waals surface area contributed by atoms with Gasteiger partial charge in [0.1, 0.15) is 11.5 Å². The van der Waals surface area contributed by atoms with E-state index in [1.165, 1.54) is 11.1 Å². The highest BCUT2D eigenvalue weighted by Gasteiger charge is 2.24. The molecule has 3 N–H and O–H groups in total. The summed E-state index contributed by atoms with van der Waals surface area (Å²) in [6, 6.07) is 16.0. The Bertz CT molecular complexity index is 590. The van der Waals surface area contributed by atoms with Gasteiger partial charge in [-0.15, -0.1) is 0 Å². The summed E-state index contributed by atoms with van der Waals surface area (Å²) >= 11 is 0. The van der Waals surface area contributed by atoms with Gasteiger partial charge >= 0.3 is 0 Å². The van der Waals surface area contributed by atoms with E-state index >= 15 is 0 Å². The van der Waals surface area contributed by atoms with Crippen LogP contribution in [-0.4, -0.2) is 31.5 Å². The third-order valence-corrected chi connectivity index (χ3v) is 4.86. The van der Waals surface area contributed by atoms with Crippen LogP contribution in [0.5, 0.6) is 11.5 Å². The summed E-state index contributed by atoms with van der Waals surface area (Å²) in [4.78, 5) is 0. The van der Waals surface area contributed by atoms with Crippen LogP contribution in [0, 0.1) is 5.92 Å². The monoisotopic (exact) mass is 343 g/mol. The zero-order valence-electron chi connectivity index (χ0n) is 15.5. The van der Waals surface area contributed by atoms with Gasteiger partial charge in [0.05, 0.1) is 20.3 Å². The third kappa shape index (κ3) is 4.97. The van der Waals surface area contributed by atoms with Crippen molar-refractivity contribution >= 4 is 0 Å². The Labute approximate surface area is 150 Å². The first-order chi connectivity index (χ1) is 12.0. The zero-order chi connectivity index (χ0) is 18.4. The molecule has 3 atom stereocenters. The molecule has 0 heterocycles. The van der Waals surface area contributed by atoms with Gasteiger partial charge in [0, 0.05) is 12.0 Å². The minimum absolute atomic E-state index is 0.175. The van der Waals surface area contributed by atoms with Crippen LogP contribution in [0.4, 0.5) is 0 Å². The second-order valence-corrected chi connectivity index (χ2v) is 6.63. The first-order valence-electron chi connectivity index (χ1n) is 8.67. The van der Waals surface area contributed by atoms with E-state index < -0.39 is 6.10 Å². The topological polar surface area (TPSA) is 64.7 Å². The second kappa shape index (κ2) is 8.88. The number of aliphatic hydroxyl groups excluding tert-OH is 1. The maximum atomic E-state index is 9.82. The highest BCUT2D eigenvalue weighted by molar-refractivity contribution is 5.38. The van der Waals surface area contributed by atoms with Crippen molar-refractivity contribution in [2.45, 2.75) is 38.3 Å². The molecule has 0 saturated carbocycles. The number of methoxy groups -OCH3 is 2. The van der Waals surface area contributed by atoms with E-state index in [1.54, 1.807) is 21.1 Å². The fourth-order valence-corrected chi connectivity index (χ4v) is 3.14. The van der Waals surface area contributed by atoms with E-state index in [2.05, 4.69) is 31.2 Å². The molecule has 2 rings (SSSR count). The number of rotatable bonds is 8. The van der Waals surface area contributed by atoms with Crippen LogP contribution in [0.2, 0.25) is 0 Å². The van der Waals surface area contributed by atoms with E-state index in [0.29, 0.717) is 0 Å². The van der Waals surface area contributed by atoms with Crippen molar-refractivity contribution in [1.29, 1.82) is 0 Å². The molecule has 0 radical (unpaired) electrons. The lowest BCUT2D eigenvalue weighted by atomic mass is 9.81. The van der Waals surface area contributed by atoms with Crippen LogP contribution >= 0.6 is 0 Å². The summed E-state index contributed by atoms with van der Waals surface area (Å²) in [7, 11) is 3.33. The zero-order valence-corrected chi connectivity index (χ0v) is 15.5. The first kappa shape index (κ1) is 19.3. The van der Waals surface area contributed by atoms with Crippen LogP contribution in [0.3, 0.4) is 0 Å². The molecule has 0 aliphatic heterocycles. The smallest absolute Gasteiger partial charge is 0.118 e. The maximum absolute atomic E-state index is 9.82. The number of hydrogen-bond acceptors (Lipinski definition) is 4. The maximum Gasteiger partial charge on any atom is 0.118 e. The summed E-state index contributed by atoms with van der Waals surface area (Å²) in [6.07, 6.45) is 0.326. The van der Waals surface area contributed by atoms with E-state index in [1.807, 2.05) is 24.3 Å². The van der Waals surface area contributed by atoms with Gasteiger partial charge < -0.3 is 20.3 Å². The Balaban J connectivity index is 2.32. The summed E-state index contributed by atoms with van der Waals surface area (Å²) in [5.74, 6) is 2.04. The van der Waals surface area contributed by atoms with Crippen LogP contribution in [-0.2, 0) is 0 Å². The molecule has 25 heavy (non-hydrogen) atoms. The predicted octanol–water partition coefficient (Wildman–Crippen LogP) is 3.57. The van der Waals surface area contributed by atoms with Crippen LogP contribution in [0.15, 0.2) is 48.5 Å². The molecular formula is C21H29NO3. The second-order valence-electron chi connectivity index (χ2n) is 6.63. The van der Waals surface area contributed by atoms with E-state index in [9.17, 15) is 5.11 Å². The van der Waals surface area contributed by atoms with Crippen LogP contribution in [0.25, 0.3) is 0 Å². The van der Waals surface area contributed by atoms with Crippen LogP contribution < -0.4 is 15.2 Å². The lowest BCUT2D eigenvalue weighted by molar-refractivity contribution is 0.134. The van der Waals surface area contributed by atoms with Crippen molar-refractivity contribution in [2.24, 2.45) is 11.7 Å². The number of benzene rings is 2. The van der Waals surface area contributed by atoms with Crippen molar-refractivity contribution in [2.75, 3.05) is 14.2 Å². The standard InChI is InChI=1S/C21H29NO3/c1-14(21(22)15(2)23)13-20(16-5-9-18(24-3)10-6-16)17-7-11-19(25-4)12-8-17/h5-12,14-15,20-21,23H,13,22H2,1-4H3. The summed E-state index contributed by atoms with van der Waals surface area (Å²) in [5.41, 5.74) is 8.57. The van der Waals surface area contributed by atoms with E-state index in [-0.39, 0.29) is 17.9 Å². The quantitative estimate of drug-likeness (QED) is 0.769. The normalized spacial score (nSPS) is 14.8. The Morgan fingerprint density at radius 1 is 0.840 bits per heavy atom. The number of aliphatic hydroxyl groups is 1. The van der Waals surface area contributed by atoms with Crippen molar-refractivity contribution < 1.29 is 14.6 Å². The Kier molecular flexibility index (Phi) is 6.85. The van der Waals surface area contributed by atoms with Gasteiger partial charge in [-0.2, -0.15) is 0 Å². The third-order valence-electron chi connectivity index (χ3n) is 4.86. The van der Waals surface area contributed by atoms with Gasteiger partial charge in [-0.25, -0.2) is 0 Å². The summed E-state index contributed by atoms with van der Waals surface area (Å²) in [6.45, 7) is 3.84. The average Bonchev–Trinajstić information content (AvgIpc) is 2.65. The average molecular weight is 343 g/mol. The number of nitrogens with two attached hydrogens (primary N) is 1. The van der Waals surface area contributed by atoms with Gasteiger partial charge in [-0.1, -0.05) is 31.2 Å². The fraction of sp³-hybridized carbons (Fsp3) is 0.429. The lowest BCUT2D eigenvalue weighted by Gasteiger charge is -2.27. The Morgan fingerprint density at radius 3 is 1.56 bits per heavy atom. The van der Waals surface area contributed by atoms with Crippen molar-refractivity contribution in [3.8, 4) is 11.5 Å². The van der Waals surface area contributed by atoms with Gasteiger partial charge in [0.15, 0.2) is 0 Å². The molecule has 2 aromatic carbocycles. The molecule has 0 bridgehead atoms. The van der Waals surface area contributed by atoms with E-state index in [0.717, 1.165) is 17.9 Å². The largest absolute Gasteiger partial charge is 0.497 e. The SMILES string of the molecule is COc1ccc(C(CC(C)C(N)C(C)O)c2ccc(OC)cc2)cc1. The lowest BCUT2D eigenvalue weighted by Crippen LogP contribution is -2.39. The minimum Gasteiger partial charge on any atom is -0.497 e.